The van der Waals surface area contributed by atoms with Crippen LogP contribution in [-0.4, -0.2) is 59.2 Å². The Morgan fingerprint density at radius 2 is 1.91 bits per heavy atom. The van der Waals surface area contributed by atoms with Gasteiger partial charge < -0.3 is 15.4 Å². The molecule has 0 amide bonds. The topological polar surface area (TPSA) is 79.8 Å². The molecule has 0 bridgehead atoms. The van der Waals surface area contributed by atoms with Crippen molar-refractivity contribution in [2.24, 2.45) is 10.4 Å². The molecule has 0 rings (SSSR count). The Morgan fingerprint density at radius 1 is 1.23 bits per heavy atom. The predicted octanol–water partition coefficient (Wildman–Crippen LogP) is 1.43. The Hall–Kier alpha value is -0.820. The zero-order chi connectivity index (χ0) is 17.1. The summed E-state index contributed by atoms with van der Waals surface area (Å²) in [6.45, 7) is 11.7. The van der Waals surface area contributed by atoms with E-state index in [1.54, 1.807) is 0 Å². The first-order valence-electron chi connectivity index (χ1n) is 7.98. The molecule has 0 spiro atoms. The number of nitrogens with one attached hydrogen (secondary N) is 2. The molecule has 0 saturated carbocycles. The average molecular weight is 336 g/mol. The van der Waals surface area contributed by atoms with E-state index in [0.717, 1.165) is 38.7 Å². The van der Waals surface area contributed by atoms with Crippen LogP contribution in [0.25, 0.3) is 0 Å². The lowest BCUT2D eigenvalue weighted by atomic mass is 9.90. The Balaban J connectivity index is 4.32. The molecule has 0 aliphatic carbocycles. The summed E-state index contributed by atoms with van der Waals surface area (Å²) in [6, 6.07) is 0. The fraction of sp³-hybridized carbons (Fsp3) is 0.933. The molecule has 0 aromatic rings. The fourth-order valence-corrected chi connectivity index (χ4v) is 2.62. The van der Waals surface area contributed by atoms with E-state index < -0.39 is 9.84 Å². The second-order valence-electron chi connectivity index (χ2n) is 6.22. The Bertz CT molecular complexity index is 420. The summed E-state index contributed by atoms with van der Waals surface area (Å²) in [5.74, 6) is 0.972. The molecule has 6 nitrogen and oxygen atoms in total. The largest absolute Gasteiger partial charge is 0.382 e. The van der Waals surface area contributed by atoms with Gasteiger partial charge in [-0.3, -0.25) is 4.99 Å². The van der Waals surface area contributed by atoms with Gasteiger partial charge in [0.1, 0.15) is 9.84 Å². The van der Waals surface area contributed by atoms with Gasteiger partial charge in [0.05, 0.1) is 5.75 Å². The maximum atomic E-state index is 11.3. The molecule has 0 radical (unpaired) electrons. The van der Waals surface area contributed by atoms with E-state index in [1.165, 1.54) is 6.26 Å². The molecule has 0 aromatic carbocycles. The van der Waals surface area contributed by atoms with Crippen LogP contribution in [0.3, 0.4) is 0 Å². The molecule has 7 heteroatoms. The molecule has 22 heavy (non-hydrogen) atoms. The van der Waals surface area contributed by atoms with Gasteiger partial charge in [0.15, 0.2) is 5.96 Å². The first-order valence-corrected chi connectivity index (χ1v) is 10.0. The molecular formula is C15H33N3O3S. The molecule has 2 N–H and O–H groups in total. The average Bonchev–Trinajstić information content (AvgIpc) is 2.42. The van der Waals surface area contributed by atoms with Gasteiger partial charge in [0.2, 0.25) is 0 Å². The SMILES string of the molecule is CCNC(=NCC(C)(C)CCS(C)(=O)=O)NCCCOCC. The van der Waals surface area contributed by atoms with Crippen molar-refractivity contribution in [3.05, 3.63) is 0 Å². The number of sulfone groups is 1. The minimum Gasteiger partial charge on any atom is -0.382 e. The molecule has 0 saturated heterocycles. The monoisotopic (exact) mass is 335 g/mol. The van der Waals surface area contributed by atoms with E-state index in [0.29, 0.717) is 13.0 Å². The van der Waals surface area contributed by atoms with Crippen molar-refractivity contribution in [1.82, 2.24) is 10.6 Å². The summed E-state index contributed by atoms with van der Waals surface area (Å²) in [5, 5.41) is 6.46. The summed E-state index contributed by atoms with van der Waals surface area (Å²) >= 11 is 0. The van der Waals surface area contributed by atoms with Crippen LogP contribution in [0.4, 0.5) is 0 Å². The third-order valence-corrected chi connectivity index (χ3v) is 4.07. The summed E-state index contributed by atoms with van der Waals surface area (Å²) in [5.41, 5.74) is -0.142. The van der Waals surface area contributed by atoms with Gasteiger partial charge >= 0.3 is 0 Å². The van der Waals surface area contributed by atoms with Gasteiger partial charge in [-0.15, -0.1) is 0 Å². The maximum absolute atomic E-state index is 11.3. The number of guanidine groups is 1. The van der Waals surface area contributed by atoms with E-state index in [4.69, 9.17) is 4.74 Å². The Labute approximate surface area is 136 Å². The van der Waals surface area contributed by atoms with Crippen molar-refractivity contribution in [1.29, 1.82) is 0 Å². The van der Waals surface area contributed by atoms with Crippen molar-refractivity contribution >= 4 is 15.8 Å². The minimum absolute atomic E-state index is 0.142. The van der Waals surface area contributed by atoms with E-state index >= 15 is 0 Å². The highest BCUT2D eigenvalue weighted by Crippen LogP contribution is 2.21. The van der Waals surface area contributed by atoms with Crippen LogP contribution in [0.2, 0.25) is 0 Å². The van der Waals surface area contributed by atoms with E-state index in [-0.39, 0.29) is 11.2 Å². The normalized spacial score (nSPS) is 13.2. The van der Waals surface area contributed by atoms with Gasteiger partial charge in [0, 0.05) is 39.1 Å². The van der Waals surface area contributed by atoms with Crippen LogP contribution < -0.4 is 10.6 Å². The lowest BCUT2D eigenvalue weighted by Gasteiger charge is -2.22. The lowest BCUT2D eigenvalue weighted by molar-refractivity contribution is 0.145. The van der Waals surface area contributed by atoms with E-state index in [9.17, 15) is 8.42 Å². The fourth-order valence-electron chi connectivity index (χ4n) is 1.70. The second-order valence-corrected chi connectivity index (χ2v) is 8.48. The van der Waals surface area contributed by atoms with Crippen molar-refractivity contribution in [2.45, 2.75) is 40.5 Å². The lowest BCUT2D eigenvalue weighted by Crippen LogP contribution is -2.39. The predicted molar refractivity (Wildman–Crippen MR) is 93.2 cm³/mol. The summed E-state index contributed by atoms with van der Waals surface area (Å²) in [4.78, 5) is 4.56. The van der Waals surface area contributed by atoms with Crippen LogP contribution in [0.5, 0.6) is 0 Å². The van der Waals surface area contributed by atoms with Crippen molar-refractivity contribution < 1.29 is 13.2 Å². The summed E-state index contributed by atoms with van der Waals surface area (Å²) < 4.78 is 27.8. The van der Waals surface area contributed by atoms with Gasteiger partial charge in [0.25, 0.3) is 0 Å². The molecule has 0 unspecified atom stereocenters. The van der Waals surface area contributed by atoms with Gasteiger partial charge in [-0.2, -0.15) is 0 Å². The second kappa shape index (κ2) is 10.8. The third kappa shape index (κ3) is 12.9. The van der Waals surface area contributed by atoms with E-state index in [1.807, 2.05) is 27.7 Å². The molecule has 0 aromatic heterocycles. The molecule has 0 aliphatic rings. The number of hydrogen-bond acceptors (Lipinski definition) is 4. The molecule has 0 atom stereocenters. The number of rotatable bonds is 11. The Kier molecular flexibility index (Phi) is 10.4. The zero-order valence-electron chi connectivity index (χ0n) is 14.7. The van der Waals surface area contributed by atoms with Crippen LogP contribution in [0.15, 0.2) is 4.99 Å². The summed E-state index contributed by atoms with van der Waals surface area (Å²) in [6.07, 6.45) is 2.81. The standard InChI is InChI=1S/C15H33N3O3S/c1-6-16-14(17-10-8-11-21-7-2)18-13-15(3,4)9-12-22(5,19)20/h6-13H2,1-5H3,(H2,16,17,18). The third-order valence-electron chi connectivity index (χ3n) is 3.12. The number of aliphatic imine (C=N–C) groups is 1. The van der Waals surface area contributed by atoms with Crippen molar-refractivity contribution in [3.8, 4) is 0 Å². The van der Waals surface area contributed by atoms with Crippen LogP contribution in [0, 0.1) is 5.41 Å². The highest BCUT2D eigenvalue weighted by atomic mass is 32.2. The van der Waals surface area contributed by atoms with Gasteiger partial charge in [-0.05, 0) is 32.1 Å². The van der Waals surface area contributed by atoms with E-state index in [2.05, 4.69) is 15.6 Å². The smallest absolute Gasteiger partial charge is 0.191 e. The molecule has 0 heterocycles. The van der Waals surface area contributed by atoms with Crippen molar-refractivity contribution in [3.63, 3.8) is 0 Å². The molecule has 132 valence electrons. The Morgan fingerprint density at radius 3 is 2.45 bits per heavy atom. The highest BCUT2D eigenvalue weighted by molar-refractivity contribution is 7.90. The highest BCUT2D eigenvalue weighted by Gasteiger charge is 2.20. The minimum atomic E-state index is -2.92. The number of nitrogens with zero attached hydrogens (tertiary/aromatic N) is 1. The maximum Gasteiger partial charge on any atom is 0.191 e. The summed E-state index contributed by atoms with van der Waals surface area (Å²) in [7, 11) is -2.92. The van der Waals surface area contributed by atoms with Crippen LogP contribution >= 0.6 is 0 Å². The van der Waals surface area contributed by atoms with Gasteiger partial charge in [-0.1, -0.05) is 13.8 Å². The van der Waals surface area contributed by atoms with Crippen molar-refractivity contribution in [2.75, 3.05) is 44.9 Å². The first kappa shape index (κ1) is 21.2. The van der Waals surface area contributed by atoms with Crippen LogP contribution in [-0.2, 0) is 14.6 Å². The number of hydrogen-bond donors (Lipinski definition) is 2. The number of ether oxygens (including phenoxy) is 1. The zero-order valence-corrected chi connectivity index (χ0v) is 15.6. The molecule has 0 aliphatic heterocycles. The molecule has 0 fully saturated rings. The quantitative estimate of drug-likeness (QED) is 0.339. The van der Waals surface area contributed by atoms with Crippen LogP contribution in [0.1, 0.15) is 40.5 Å². The van der Waals surface area contributed by atoms with Gasteiger partial charge in [-0.25, -0.2) is 8.42 Å². The first-order chi connectivity index (χ1) is 10.2. The molecular weight excluding hydrogens is 302 g/mol.